The number of ether oxygens (including phenoxy) is 1. The largest absolute Gasteiger partial charge is 0.381 e. The molecule has 0 spiro atoms. The third-order valence-electron chi connectivity index (χ3n) is 2.97. The number of nitrogens with two attached hydrogens (primary N) is 1. The van der Waals surface area contributed by atoms with Crippen LogP contribution in [0.5, 0.6) is 0 Å². The number of amides is 1. The number of anilines is 1. The minimum Gasteiger partial charge on any atom is -0.381 e. The predicted octanol–water partition coefficient (Wildman–Crippen LogP) is 0.928. The maximum Gasteiger partial charge on any atom is 0.251 e. The van der Waals surface area contributed by atoms with E-state index in [1.165, 1.54) is 6.07 Å². The number of methoxy groups -OCH3 is 1. The lowest BCUT2D eigenvalue weighted by Crippen LogP contribution is -2.47. The van der Waals surface area contributed by atoms with Gasteiger partial charge in [0.05, 0.1) is 6.10 Å². The molecule has 1 amide bonds. The molecule has 0 bridgehead atoms. The van der Waals surface area contributed by atoms with Crippen LogP contribution in [0.25, 0.3) is 0 Å². The lowest BCUT2D eigenvalue weighted by atomic mass is 9.89. The highest BCUT2D eigenvalue weighted by molar-refractivity contribution is 6.29. The van der Waals surface area contributed by atoms with Crippen molar-refractivity contribution in [1.29, 1.82) is 0 Å². The molecule has 6 nitrogen and oxygen atoms in total. The van der Waals surface area contributed by atoms with E-state index in [2.05, 4.69) is 15.7 Å². The van der Waals surface area contributed by atoms with Crippen molar-refractivity contribution < 1.29 is 9.53 Å². The molecular formula is C11H15ClN4O2. The summed E-state index contributed by atoms with van der Waals surface area (Å²) in [5.74, 6) is 5.42. The van der Waals surface area contributed by atoms with Crippen LogP contribution in [0.2, 0.25) is 5.15 Å². The monoisotopic (exact) mass is 270 g/mol. The number of rotatable bonds is 4. The van der Waals surface area contributed by atoms with Gasteiger partial charge in [-0.3, -0.25) is 4.79 Å². The molecule has 0 atom stereocenters. The first-order valence-corrected chi connectivity index (χ1v) is 5.98. The summed E-state index contributed by atoms with van der Waals surface area (Å²) in [6, 6.07) is 3.21. The second-order valence-corrected chi connectivity index (χ2v) is 4.59. The second kappa shape index (κ2) is 5.51. The average Bonchev–Trinajstić information content (AvgIpc) is 2.32. The van der Waals surface area contributed by atoms with Gasteiger partial charge in [0.1, 0.15) is 11.0 Å². The summed E-state index contributed by atoms with van der Waals surface area (Å²) < 4.78 is 5.15. The van der Waals surface area contributed by atoms with Gasteiger partial charge in [-0.1, -0.05) is 11.6 Å². The number of hydrogen-bond donors (Lipinski definition) is 3. The zero-order chi connectivity index (χ0) is 13.1. The molecule has 1 aromatic heterocycles. The fourth-order valence-electron chi connectivity index (χ4n) is 1.85. The molecule has 0 radical (unpaired) electrons. The van der Waals surface area contributed by atoms with E-state index in [9.17, 15) is 4.79 Å². The van der Waals surface area contributed by atoms with Crippen LogP contribution < -0.4 is 16.6 Å². The number of hydrogen-bond acceptors (Lipinski definition) is 5. The smallest absolute Gasteiger partial charge is 0.251 e. The van der Waals surface area contributed by atoms with E-state index < -0.39 is 0 Å². The summed E-state index contributed by atoms with van der Waals surface area (Å²) in [5.41, 5.74) is 2.80. The van der Waals surface area contributed by atoms with Gasteiger partial charge in [0.2, 0.25) is 0 Å². The van der Waals surface area contributed by atoms with Crippen LogP contribution in [0.15, 0.2) is 12.1 Å². The van der Waals surface area contributed by atoms with Crippen LogP contribution in [-0.4, -0.2) is 30.1 Å². The predicted molar refractivity (Wildman–Crippen MR) is 68.3 cm³/mol. The van der Waals surface area contributed by atoms with E-state index in [4.69, 9.17) is 22.2 Å². The fraction of sp³-hybridized carbons (Fsp3) is 0.455. The molecule has 1 aliphatic rings. The van der Waals surface area contributed by atoms with Crippen LogP contribution in [0.4, 0.5) is 5.82 Å². The van der Waals surface area contributed by atoms with Crippen molar-refractivity contribution in [2.24, 2.45) is 5.84 Å². The van der Waals surface area contributed by atoms with Crippen molar-refractivity contribution in [3.63, 3.8) is 0 Å². The SMILES string of the molecule is COC1CC(NC(=O)c2cc(Cl)nc(NN)c2)C1. The van der Waals surface area contributed by atoms with Crippen molar-refractivity contribution in [2.75, 3.05) is 12.5 Å². The molecule has 4 N–H and O–H groups in total. The Morgan fingerprint density at radius 2 is 2.28 bits per heavy atom. The number of pyridine rings is 1. The molecule has 1 aromatic rings. The number of nitrogen functional groups attached to an aromatic ring is 1. The van der Waals surface area contributed by atoms with Crippen molar-refractivity contribution >= 4 is 23.3 Å². The summed E-state index contributed by atoms with van der Waals surface area (Å²) >= 11 is 5.80. The summed E-state index contributed by atoms with van der Waals surface area (Å²) in [6.07, 6.45) is 1.92. The molecular weight excluding hydrogens is 256 g/mol. The molecule has 0 aliphatic heterocycles. The van der Waals surface area contributed by atoms with Crippen molar-refractivity contribution in [3.05, 3.63) is 22.8 Å². The zero-order valence-electron chi connectivity index (χ0n) is 9.94. The number of carbonyl (C=O) groups excluding carboxylic acids is 1. The van der Waals surface area contributed by atoms with Gasteiger partial charge in [-0.05, 0) is 25.0 Å². The molecule has 2 rings (SSSR count). The molecule has 1 saturated carbocycles. The molecule has 0 aromatic carbocycles. The number of carbonyl (C=O) groups is 1. The first kappa shape index (κ1) is 13.1. The van der Waals surface area contributed by atoms with Crippen LogP contribution >= 0.6 is 11.6 Å². The van der Waals surface area contributed by atoms with Crippen LogP contribution in [0, 0.1) is 0 Å². The molecule has 98 valence electrons. The Balaban J connectivity index is 1.98. The highest BCUT2D eigenvalue weighted by Gasteiger charge is 2.30. The minimum atomic E-state index is -0.185. The number of hydrazine groups is 1. The molecule has 0 saturated heterocycles. The Bertz CT molecular complexity index is 449. The first-order valence-electron chi connectivity index (χ1n) is 5.60. The van der Waals surface area contributed by atoms with Gasteiger partial charge in [-0.2, -0.15) is 0 Å². The second-order valence-electron chi connectivity index (χ2n) is 4.21. The number of nitrogens with zero attached hydrogens (tertiary/aromatic N) is 1. The van der Waals surface area contributed by atoms with Crippen LogP contribution in [-0.2, 0) is 4.74 Å². The molecule has 18 heavy (non-hydrogen) atoms. The van der Waals surface area contributed by atoms with E-state index in [-0.39, 0.29) is 23.2 Å². The third kappa shape index (κ3) is 2.90. The number of nitrogens with one attached hydrogen (secondary N) is 2. The topological polar surface area (TPSA) is 89.3 Å². The number of halogens is 1. The first-order chi connectivity index (χ1) is 8.62. The summed E-state index contributed by atoms with van der Waals surface area (Å²) in [6.45, 7) is 0. The van der Waals surface area contributed by atoms with E-state index in [0.717, 1.165) is 12.8 Å². The Kier molecular flexibility index (Phi) is 4.00. The maximum atomic E-state index is 12.0. The molecule has 0 unspecified atom stereocenters. The van der Waals surface area contributed by atoms with Gasteiger partial charge >= 0.3 is 0 Å². The molecule has 1 heterocycles. The van der Waals surface area contributed by atoms with E-state index >= 15 is 0 Å². The highest BCUT2D eigenvalue weighted by Crippen LogP contribution is 2.23. The average molecular weight is 271 g/mol. The lowest BCUT2D eigenvalue weighted by Gasteiger charge is -2.34. The summed E-state index contributed by atoms with van der Waals surface area (Å²) in [4.78, 5) is 15.9. The van der Waals surface area contributed by atoms with Gasteiger partial charge in [0, 0.05) is 18.7 Å². The fourth-order valence-corrected chi connectivity index (χ4v) is 2.06. The Morgan fingerprint density at radius 3 is 2.89 bits per heavy atom. The van der Waals surface area contributed by atoms with Gasteiger partial charge in [0.15, 0.2) is 0 Å². The maximum absolute atomic E-state index is 12.0. The Labute approximate surface area is 110 Å². The normalized spacial score (nSPS) is 22.2. The molecule has 7 heteroatoms. The van der Waals surface area contributed by atoms with Gasteiger partial charge in [0.25, 0.3) is 5.91 Å². The van der Waals surface area contributed by atoms with Crippen molar-refractivity contribution in [3.8, 4) is 0 Å². The highest BCUT2D eigenvalue weighted by atomic mass is 35.5. The quantitative estimate of drug-likeness (QED) is 0.430. The van der Waals surface area contributed by atoms with E-state index in [0.29, 0.717) is 11.4 Å². The van der Waals surface area contributed by atoms with Gasteiger partial charge in [-0.15, -0.1) is 0 Å². The minimum absolute atomic E-state index is 0.156. The molecule has 1 aliphatic carbocycles. The van der Waals surface area contributed by atoms with Gasteiger partial charge < -0.3 is 15.5 Å². The van der Waals surface area contributed by atoms with Crippen LogP contribution in [0.3, 0.4) is 0 Å². The van der Waals surface area contributed by atoms with Crippen LogP contribution in [0.1, 0.15) is 23.2 Å². The molecule has 1 fully saturated rings. The van der Waals surface area contributed by atoms with E-state index in [1.54, 1.807) is 13.2 Å². The summed E-state index contributed by atoms with van der Waals surface area (Å²) in [7, 11) is 1.67. The van der Waals surface area contributed by atoms with E-state index in [1.807, 2.05) is 0 Å². The Morgan fingerprint density at radius 1 is 1.56 bits per heavy atom. The standard InChI is InChI=1S/C11H15ClN4O2/c1-18-8-4-7(5-8)14-11(17)6-2-9(12)15-10(3-6)16-13/h2-3,7-8H,4-5,13H2,1H3,(H,14,17)(H,15,16). The van der Waals surface area contributed by atoms with Crippen molar-refractivity contribution in [2.45, 2.75) is 25.0 Å². The summed E-state index contributed by atoms with van der Waals surface area (Å²) in [5, 5.41) is 3.12. The van der Waals surface area contributed by atoms with Crippen molar-refractivity contribution in [1.82, 2.24) is 10.3 Å². The number of aromatic nitrogens is 1. The zero-order valence-corrected chi connectivity index (χ0v) is 10.7. The third-order valence-corrected chi connectivity index (χ3v) is 3.16. The Hall–Kier alpha value is -1.37. The lowest BCUT2D eigenvalue weighted by molar-refractivity contribution is 0.0176. The van der Waals surface area contributed by atoms with Gasteiger partial charge in [-0.25, -0.2) is 10.8 Å².